The molecule has 0 radical (unpaired) electrons. The first-order valence-corrected chi connectivity index (χ1v) is 6.51. The number of para-hydroxylation sites is 1. The first-order chi connectivity index (χ1) is 9.08. The van der Waals surface area contributed by atoms with Gasteiger partial charge in [0.15, 0.2) is 0 Å². The van der Waals surface area contributed by atoms with Crippen LogP contribution in [0.15, 0.2) is 42.6 Å². The van der Waals surface area contributed by atoms with Crippen LogP contribution in [0.25, 0.3) is 0 Å². The second-order valence-electron chi connectivity index (χ2n) is 4.52. The molecule has 100 valence electrons. The summed E-state index contributed by atoms with van der Waals surface area (Å²) in [6.07, 6.45) is 0.843. The minimum atomic E-state index is -0.778. The van der Waals surface area contributed by atoms with Gasteiger partial charge in [-0.1, -0.05) is 35.9 Å². The molecular weight excluding hydrogens is 262 g/mol. The maximum Gasteiger partial charge on any atom is 0.129 e. The first kappa shape index (κ1) is 13.8. The molecule has 2 aromatic rings. The molecule has 0 aliphatic rings. The molecule has 0 aliphatic heterocycles. The predicted molar refractivity (Wildman–Crippen MR) is 75.5 cm³/mol. The summed E-state index contributed by atoms with van der Waals surface area (Å²) >= 11 is 5.75. The molecular formula is C15H16ClNO2. The minimum absolute atomic E-state index is 0.0525. The van der Waals surface area contributed by atoms with Crippen LogP contribution in [0.1, 0.15) is 31.1 Å². The molecule has 4 heteroatoms. The lowest BCUT2D eigenvalue weighted by atomic mass is 10.0. The Labute approximate surface area is 117 Å². The molecule has 1 atom stereocenters. The van der Waals surface area contributed by atoms with Crippen LogP contribution in [0.2, 0.25) is 5.15 Å². The molecule has 19 heavy (non-hydrogen) atoms. The van der Waals surface area contributed by atoms with Crippen molar-refractivity contribution in [2.24, 2.45) is 0 Å². The average Bonchev–Trinajstić information content (AvgIpc) is 2.39. The number of hydrogen-bond acceptors (Lipinski definition) is 3. The highest BCUT2D eigenvalue weighted by Crippen LogP contribution is 2.30. The molecule has 3 nitrogen and oxygen atoms in total. The number of aliphatic hydroxyl groups excluding tert-OH is 1. The van der Waals surface area contributed by atoms with E-state index in [4.69, 9.17) is 16.3 Å². The van der Waals surface area contributed by atoms with E-state index in [0.717, 1.165) is 5.56 Å². The lowest BCUT2D eigenvalue weighted by Gasteiger charge is -2.18. The molecule has 0 aliphatic carbocycles. The standard InChI is InChI=1S/C15H16ClNO2/c1-10(2)19-13-6-4-3-5-12(13)15(18)11-7-8-14(16)17-9-11/h3-10,15,18H,1-2H3. The third-order valence-corrected chi connectivity index (χ3v) is 2.87. The third kappa shape index (κ3) is 3.46. The van der Waals surface area contributed by atoms with E-state index in [0.29, 0.717) is 16.5 Å². The highest BCUT2D eigenvalue weighted by atomic mass is 35.5. The monoisotopic (exact) mass is 277 g/mol. The van der Waals surface area contributed by atoms with Crippen molar-refractivity contribution >= 4 is 11.6 Å². The normalized spacial score (nSPS) is 12.5. The van der Waals surface area contributed by atoms with E-state index in [2.05, 4.69) is 4.98 Å². The Hall–Kier alpha value is -1.58. The summed E-state index contributed by atoms with van der Waals surface area (Å²) in [4.78, 5) is 3.98. The number of nitrogens with zero attached hydrogens (tertiary/aromatic N) is 1. The van der Waals surface area contributed by atoms with Gasteiger partial charge in [0.05, 0.1) is 6.10 Å². The van der Waals surface area contributed by atoms with E-state index in [1.807, 2.05) is 38.1 Å². The van der Waals surface area contributed by atoms with Gasteiger partial charge in [-0.05, 0) is 26.0 Å². The number of aromatic nitrogens is 1. The quantitative estimate of drug-likeness (QED) is 0.868. The topological polar surface area (TPSA) is 42.4 Å². The van der Waals surface area contributed by atoms with Gasteiger partial charge in [-0.15, -0.1) is 0 Å². The molecule has 0 spiro atoms. The van der Waals surface area contributed by atoms with Crippen LogP contribution in [-0.2, 0) is 0 Å². The van der Waals surface area contributed by atoms with E-state index in [-0.39, 0.29) is 6.10 Å². The molecule has 2 rings (SSSR count). The zero-order valence-electron chi connectivity index (χ0n) is 10.9. The lowest BCUT2D eigenvalue weighted by Crippen LogP contribution is -2.10. The summed E-state index contributed by atoms with van der Waals surface area (Å²) in [6, 6.07) is 10.9. The molecule has 1 aromatic carbocycles. The van der Waals surface area contributed by atoms with E-state index in [9.17, 15) is 5.11 Å². The number of pyridine rings is 1. The van der Waals surface area contributed by atoms with Gasteiger partial charge in [-0.25, -0.2) is 4.98 Å². The SMILES string of the molecule is CC(C)Oc1ccccc1C(O)c1ccc(Cl)nc1. The Kier molecular flexibility index (Phi) is 4.40. The van der Waals surface area contributed by atoms with Crippen LogP contribution < -0.4 is 4.74 Å². The van der Waals surface area contributed by atoms with Gasteiger partial charge >= 0.3 is 0 Å². The van der Waals surface area contributed by atoms with Gasteiger partial charge < -0.3 is 9.84 Å². The first-order valence-electron chi connectivity index (χ1n) is 6.13. The summed E-state index contributed by atoms with van der Waals surface area (Å²) in [7, 11) is 0. The maximum atomic E-state index is 10.4. The van der Waals surface area contributed by atoms with Crippen molar-refractivity contribution in [1.29, 1.82) is 0 Å². The van der Waals surface area contributed by atoms with Crippen molar-refractivity contribution in [3.63, 3.8) is 0 Å². The van der Waals surface area contributed by atoms with Crippen LogP contribution >= 0.6 is 11.6 Å². The number of hydrogen-bond donors (Lipinski definition) is 1. The van der Waals surface area contributed by atoms with Crippen molar-refractivity contribution in [3.8, 4) is 5.75 Å². The van der Waals surface area contributed by atoms with E-state index < -0.39 is 6.10 Å². The van der Waals surface area contributed by atoms with E-state index in [1.165, 1.54) is 0 Å². The minimum Gasteiger partial charge on any atom is -0.491 e. The Morgan fingerprint density at radius 1 is 1.16 bits per heavy atom. The summed E-state index contributed by atoms with van der Waals surface area (Å²) in [5, 5.41) is 10.8. The van der Waals surface area contributed by atoms with Crippen molar-refractivity contribution in [2.75, 3.05) is 0 Å². The third-order valence-electron chi connectivity index (χ3n) is 2.64. The smallest absolute Gasteiger partial charge is 0.129 e. The zero-order chi connectivity index (χ0) is 13.8. The van der Waals surface area contributed by atoms with Crippen LogP contribution in [0.3, 0.4) is 0 Å². The van der Waals surface area contributed by atoms with Crippen LogP contribution in [0.5, 0.6) is 5.75 Å². The molecule has 0 fully saturated rings. The molecule has 0 saturated carbocycles. The molecule has 1 unspecified atom stereocenters. The molecule has 1 heterocycles. The lowest BCUT2D eigenvalue weighted by molar-refractivity contribution is 0.198. The second kappa shape index (κ2) is 6.04. The number of ether oxygens (including phenoxy) is 1. The molecule has 0 saturated heterocycles. The van der Waals surface area contributed by atoms with Crippen molar-refractivity contribution in [1.82, 2.24) is 4.98 Å². The number of rotatable bonds is 4. The summed E-state index contributed by atoms with van der Waals surface area (Å²) in [5.41, 5.74) is 1.41. The number of halogens is 1. The number of benzene rings is 1. The van der Waals surface area contributed by atoms with Crippen LogP contribution in [0.4, 0.5) is 0 Å². The Morgan fingerprint density at radius 2 is 1.89 bits per heavy atom. The zero-order valence-corrected chi connectivity index (χ0v) is 11.6. The fourth-order valence-electron chi connectivity index (χ4n) is 1.80. The van der Waals surface area contributed by atoms with Crippen molar-refractivity contribution in [2.45, 2.75) is 26.1 Å². The van der Waals surface area contributed by atoms with E-state index in [1.54, 1.807) is 18.3 Å². The Morgan fingerprint density at radius 3 is 2.53 bits per heavy atom. The number of aliphatic hydroxyl groups is 1. The van der Waals surface area contributed by atoms with Gasteiger partial charge in [-0.2, -0.15) is 0 Å². The molecule has 1 aromatic heterocycles. The fraction of sp³-hybridized carbons (Fsp3) is 0.267. The van der Waals surface area contributed by atoms with E-state index >= 15 is 0 Å². The summed E-state index contributed by atoms with van der Waals surface area (Å²) in [5.74, 6) is 0.681. The van der Waals surface area contributed by atoms with Gasteiger partial charge in [0.25, 0.3) is 0 Å². The van der Waals surface area contributed by atoms with Crippen molar-refractivity contribution < 1.29 is 9.84 Å². The summed E-state index contributed by atoms with van der Waals surface area (Å²) in [6.45, 7) is 3.90. The van der Waals surface area contributed by atoms with Gasteiger partial charge in [0, 0.05) is 17.3 Å². The van der Waals surface area contributed by atoms with Gasteiger partial charge in [0.2, 0.25) is 0 Å². The second-order valence-corrected chi connectivity index (χ2v) is 4.91. The predicted octanol–water partition coefficient (Wildman–Crippen LogP) is 3.60. The van der Waals surface area contributed by atoms with Gasteiger partial charge in [-0.3, -0.25) is 0 Å². The Balaban J connectivity index is 2.32. The van der Waals surface area contributed by atoms with Crippen LogP contribution in [-0.4, -0.2) is 16.2 Å². The fourth-order valence-corrected chi connectivity index (χ4v) is 1.91. The molecule has 0 amide bonds. The molecule has 1 N–H and O–H groups in total. The molecule has 0 bridgehead atoms. The highest BCUT2D eigenvalue weighted by Gasteiger charge is 2.16. The maximum absolute atomic E-state index is 10.4. The largest absolute Gasteiger partial charge is 0.491 e. The highest BCUT2D eigenvalue weighted by molar-refractivity contribution is 6.29. The van der Waals surface area contributed by atoms with Crippen molar-refractivity contribution in [3.05, 3.63) is 58.9 Å². The van der Waals surface area contributed by atoms with Gasteiger partial charge in [0.1, 0.15) is 17.0 Å². The Bertz CT molecular complexity index is 540. The average molecular weight is 278 g/mol. The van der Waals surface area contributed by atoms with Crippen LogP contribution in [0, 0.1) is 0 Å². The summed E-state index contributed by atoms with van der Waals surface area (Å²) < 4.78 is 5.71.